The number of ether oxygens (including phenoxy) is 1. The Labute approximate surface area is 103 Å². The number of hydrogen-bond acceptors (Lipinski definition) is 2. The lowest BCUT2D eigenvalue weighted by Crippen LogP contribution is -2.14. The monoisotopic (exact) mass is 244 g/mol. The quantitative estimate of drug-likeness (QED) is 0.743. The zero-order valence-corrected chi connectivity index (χ0v) is 11.5. The molecule has 0 amide bonds. The lowest BCUT2D eigenvalue weighted by molar-refractivity contribution is 0.156. The summed E-state index contributed by atoms with van der Waals surface area (Å²) in [7, 11) is 1.71. The highest BCUT2D eigenvalue weighted by molar-refractivity contribution is 6.20. The standard InChI is InChI=1S/C12H21ClN2O/c1-6-11(13)12-9(3)14-15(10(12)4)8(2)7-16-5/h8,11H,6-7H2,1-5H3. The SMILES string of the molecule is CCC(Cl)c1c(C)nn(C(C)COC)c1C. The summed E-state index contributed by atoms with van der Waals surface area (Å²) in [5.74, 6) is 0. The Morgan fingerprint density at radius 2 is 2.06 bits per heavy atom. The van der Waals surface area contributed by atoms with Crippen LogP contribution in [0.2, 0.25) is 0 Å². The molecule has 0 saturated heterocycles. The van der Waals surface area contributed by atoms with Crippen molar-refractivity contribution in [3.05, 3.63) is 17.0 Å². The lowest BCUT2D eigenvalue weighted by Gasteiger charge is -2.14. The normalized spacial score (nSPS) is 15.1. The van der Waals surface area contributed by atoms with Crippen LogP contribution in [0, 0.1) is 13.8 Å². The summed E-state index contributed by atoms with van der Waals surface area (Å²) in [5.41, 5.74) is 3.36. The van der Waals surface area contributed by atoms with Gasteiger partial charge in [0.05, 0.1) is 23.7 Å². The van der Waals surface area contributed by atoms with Gasteiger partial charge < -0.3 is 4.74 Å². The number of hydrogen-bond donors (Lipinski definition) is 0. The summed E-state index contributed by atoms with van der Waals surface area (Å²) in [5, 5.41) is 4.61. The Bertz CT molecular complexity index is 349. The van der Waals surface area contributed by atoms with E-state index in [1.165, 1.54) is 5.56 Å². The summed E-state index contributed by atoms with van der Waals surface area (Å²) in [6.45, 7) is 8.95. The predicted octanol–water partition coefficient (Wildman–Crippen LogP) is 3.40. The molecule has 1 aromatic rings. The maximum atomic E-state index is 6.31. The number of methoxy groups -OCH3 is 1. The summed E-state index contributed by atoms with van der Waals surface area (Å²) in [4.78, 5) is 0. The van der Waals surface area contributed by atoms with Crippen LogP contribution in [0.3, 0.4) is 0 Å². The minimum Gasteiger partial charge on any atom is -0.382 e. The molecule has 0 aliphatic heterocycles. The van der Waals surface area contributed by atoms with E-state index in [0.717, 1.165) is 17.8 Å². The second-order valence-electron chi connectivity index (χ2n) is 4.21. The Morgan fingerprint density at radius 3 is 2.56 bits per heavy atom. The van der Waals surface area contributed by atoms with Gasteiger partial charge in [-0.3, -0.25) is 4.68 Å². The molecular weight excluding hydrogens is 224 g/mol. The van der Waals surface area contributed by atoms with Gasteiger partial charge in [0.2, 0.25) is 0 Å². The van der Waals surface area contributed by atoms with Crippen LogP contribution in [-0.2, 0) is 4.74 Å². The first-order valence-electron chi connectivity index (χ1n) is 5.71. The van der Waals surface area contributed by atoms with E-state index in [1.807, 2.05) is 11.6 Å². The maximum Gasteiger partial charge on any atom is 0.0727 e. The van der Waals surface area contributed by atoms with Crippen LogP contribution in [0.15, 0.2) is 0 Å². The third-order valence-corrected chi connectivity index (χ3v) is 3.40. The van der Waals surface area contributed by atoms with E-state index in [0.29, 0.717) is 6.61 Å². The van der Waals surface area contributed by atoms with Gasteiger partial charge in [0, 0.05) is 18.4 Å². The fourth-order valence-electron chi connectivity index (χ4n) is 2.07. The highest BCUT2D eigenvalue weighted by atomic mass is 35.5. The average Bonchev–Trinajstić information content (AvgIpc) is 2.54. The average molecular weight is 245 g/mol. The number of aryl methyl sites for hydroxylation is 1. The second kappa shape index (κ2) is 5.69. The zero-order chi connectivity index (χ0) is 12.3. The number of halogens is 1. The van der Waals surface area contributed by atoms with Crippen molar-refractivity contribution in [3.8, 4) is 0 Å². The minimum absolute atomic E-state index is 0.0588. The van der Waals surface area contributed by atoms with Crippen LogP contribution in [0.1, 0.15) is 48.6 Å². The molecule has 2 atom stereocenters. The molecule has 0 radical (unpaired) electrons. The van der Waals surface area contributed by atoms with Gasteiger partial charge in [0.15, 0.2) is 0 Å². The van der Waals surface area contributed by atoms with Gasteiger partial charge in [0.25, 0.3) is 0 Å². The Kier molecular flexibility index (Phi) is 4.81. The molecule has 1 heterocycles. The smallest absolute Gasteiger partial charge is 0.0727 e. The Hall–Kier alpha value is -0.540. The van der Waals surface area contributed by atoms with Gasteiger partial charge in [-0.25, -0.2) is 0 Å². The molecular formula is C12H21ClN2O. The van der Waals surface area contributed by atoms with Gasteiger partial charge in [-0.1, -0.05) is 6.92 Å². The number of alkyl halides is 1. The van der Waals surface area contributed by atoms with Crippen LogP contribution in [-0.4, -0.2) is 23.5 Å². The third-order valence-electron chi connectivity index (χ3n) is 2.88. The summed E-state index contributed by atoms with van der Waals surface area (Å²) < 4.78 is 7.17. The van der Waals surface area contributed by atoms with Crippen LogP contribution in [0.5, 0.6) is 0 Å². The van der Waals surface area contributed by atoms with Crippen molar-refractivity contribution >= 4 is 11.6 Å². The fraction of sp³-hybridized carbons (Fsp3) is 0.750. The number of rotatable bonds is 5. The van der Waals surface area contributed by atoms with E-state index in [4.69, 9.17) is 16.3 Å². The third kappa shape index (κ3) is 2.58. The van der Waals surface area contributed by atoms with Crippen LogP contribution in [0.4, 0.5) is 0 Å². The van der Waals surface area contributed by atoms with Crippen molar-refractivity contribution in [1.82, 2.24) is 9.78 Å². The molecule has 16 heavy (non-hydrogen) atoms. The molecule has 4 heteroatoms. The Balaban J connectivity index is 3.06. The summed E-state index contributed by atoms with van der Waals surface area (Å²) in [6.07, 6.45) is 0.924. The van der Waals surface area contributed by atoms with Gasteiger partial charge in [-0.2, -0.15) is 5.10 Å². The molecule has 0 aliphatic rings. The maximum absolute atomic E-state index is 6.31. The first-order chi connectivity index (χ1) is 7.52. The van der Waals surface area contributed by atoms with E-state index in [9.17, 15) is 0 Å². The molecule has 3 nitrogen and oxygen atoms in total. The van der Waals surface area contributed by atoms with Gasteiger partial charge in [-0.15, -0.1) is 11.6 Å². The highest BCUT2D eigenvalue weighted by Gasteiger charge is 2.19. The lowest BCUT2D eigenvalue weighted by atomic mass is 10.1. The first kappa shape index (κ1) is 13.5. The molecule has 0 N–H and O–H groups in total. The summed E-state index contributed by atoms with van der Waals surface area (Å²) in [6, 6.07) is 0.248. The van der Waals surface area contributed by atoms with E-state index < -0.39 is 0 Å². The van der Waals surface area contributed by atoms with Gasteiger partial charge in [0.1, 0.15) is 0 Å². The van der Waals surface area contributed by atoms with Crippen LogP contribution < -0.4 is 0 Å². The van der Waals surface area contributed by atoms with Crippen molar-refractivity contribution in [3.63, 3.8) is 0 Å². The van der Waals surface area contributed by atoms with Crippen molar-refractivity contribution in [2.75, 3.05) is 13.7 Å². The van der Waals surface area contributed by atoms with Crippen molar-refractivity contribution < 1.29 is 4.74 Å². The van der Waals surface area contributed by atoms with Crippen molar-refractivity contribution in [2.24, 2.45) is 0 Å². The second-order valence-corrected chi connectivity index (χ2v) is 4.74. The number of nitrogens with zero attached hydrogens (tertiary/aromatic N) is 2. The molecule has 0 saturated carbocycles. The highest BCUT2D eigenvalue weighted by Crippen LogP contribution is 2.30. The van der Waals surface area contributed by atoms with E-state index in [2.05, 4.69) is 25.9 Å². The van der Waals surface area contributed by atoms with Crippen molar-refractivity contribution in [2.45, 2.75) is 45.5 Å². The topological polar surface area (TPSA) is 27.1 Å². The molecule has 0 bridgehead atoms. The molecule has 1 aromatic heterocycles. The summed E-state index contributed by atoms with van der Waals surface area (Å²) >= 11 is 6.31. The molecule has 0 fully saturated rings. The van der Waals surface area contributed by atoms with Gasteiger partial charge in [-0.05, 0) is 27.2 Å². The predicted molar refractivity (Wildman–Crippen MR) is 67.2 cm³/mol. The first-order valence-corrected chi connectivity index (χ1v) is 6.15. The van der Waals surface area contributed by atoms with Crippen LogP contribution >= 0.6 is 11.6 Å². The van der Waals surface area contributed by atoms with E-state index in [-0.39, 0.29) is 11.4 Å². The zero-order valence-electron chi connectivity index (χ0n) is 10.7. The van der Waals surface area contributed by atoms with Crippen molar-refractivity contribution in [1.29, 1.82) is 0 Å². The Morgan fingerprint density at radius 1 is 1.44 bits per heavy atom. The largest absolute Gasteiger partial charge is 0.382 e. The molecule has 1 rings (SSSR count). The molecule has 0 aliphatic carbocycles. The van der Waals surface area contributed by atoms with E-state index in [1.54, 1.807) is 7.11 Å². The molecule has 0 spiro atoms. The molecule has 0 aromatic carbocycles. The van der Waals surface area contributed by atoms with Gasteiger partial charge >= 0.3 is 0 Å². The van der Waals surface area contributed by atoms with E-state index >= 15 is 0 Å². The van der Waals surface area contributed by atoms with Crippen LogP contribution in [0.25, 0.3) is 0 Å². The fourth-order valence-corrected chi connectivity index (χ4v) is 2.39. The molecule has 2 unspecified atom stereocenters. The molecule has 92 valence electrons. The minimum atomic E-state index is 0.0588. The number of aromatic nitrogens is 2.